The summed E-state index contributed by atoms with van der Waals surface area (Å²) in [5.41, 5.74) is -0.145. The second-order valence-electron chi connectivity index (χ2n) is 3.52. The van der Waals surface area contributed by atoms with Gasteiger partial charge in [-0.25, -0.2) is 9.59 Å². The number of carboxylic acids is 1. The number of rotatable bonds is 4. The molecule has 0 fully saturated rings. The van der Waals surface area contributed by atoms with Gasteiger partial charge in [0.25, 0.3) is 0 Å². The molecule has 3 amide bonds. The number of carbonyl (C=O) groups excluding carboxylic acids is 2. The molecule has 1 aromatic carbocycles. The van der Waals surface area contributed by atoms with Gasteiger partial charge in [0, 0.05) is 12.7 Å². The summed E-state index contributed by atoms with van der Waals surface area (Å²) >= 11 is 0. The Kier molecular flexibility index (Phi) is 4.69. The maximum absolute atomic E-state index is 11.4. The van der Waals surface area contributed by atoms with Gasteiger partial charge in [0.05, 0.1) is 6.54 Å². The minimum atomic E-state index is -1.31. The zero-order chi connectivity index (χ0) is 14.4. The topological polar surface area (TPSA) is 128 Å². The highest BCUT2D eigenvalue weighted by atomic mass is 16.4. The molecule has 0 aliphatic rings. The number of urea groups is 1. The van der Waals surface area contributed by atoms with E-state index in [4.69, 9.17) is 5.11 Å². The Morgan fingerprint density at radius 3 is 2.53 bits per heavy atom. The highest BCUT2D eigenvalue weighted by Crippen LogP contribution is 2.21. The van der Waals surface area contributed by atoms with Crippen LogP contribution in [0.2, 0.25) is 0 Å². The number of nitrogens with one attached hydrogen (secondary N) is 3. The van der Waals surface area contributed by atoms with Crippen LogP contribution < -0.4 is 16.0 Å². The number of likely N-dealkylation sites (N-methyl/N-ethyl adjacent to an activating group) is 1. The minimum Gasteiger partial charge on any atom is -0.507 e. The van der Waals surface area contributed by atoms with Crippen LogP contribution in [0.1, 0.15) is 10.4 Å². The van der Waals surface area contributed by atoms with E-state index in [1.165, 1.54) is 13.1 Å². The molecule has 1 aromatic rings. The van der Waals surface area contributed by atoms with Crippen LogP contribution >= 0.6 is 0 Å². The fraction of sp³-hybridized carbons (Fsp3) is 0.182. The molecule has 0 spiro atoms. The monoisotopic (exact) mass is 267 g/mol. The Balaban J connectivity index is 2.67. The molecule has 102 valence electrons. The number of anilines is 1. The van der Waals surface area contributed by atoms with Gasteiger partial charge < -0.3 is 26.2 Å². The number of aromatic carboxylic acids is 1. The summed E-state index contributed by atoms with van der Waals surface area (Å²) < 4.78 is 0. The van der Waals surface area contributed by atoms with Gasteiger partial charge in [-0.3, -0.25) is 4.79 Å². The first-order valence-electron chi connectivity index (χ1n) is 5.25. The zero-order valence-electron chi connectivity index (χ0n) is 10.1. The van der Waals surface area contributed by atoms with Crippen LogP contribution in [0.25, 0.3) is 0 Å². The van der Waals surface area contributed by atoms with Gasteiger partial charge in [0.15, 0.2) is 0 Å². The molecule has 5 N–H and O–H groups in total. The van der Waals surface area contributed by atoms with Gasteiger partial charge in [-0.1, -0.05) is 0 Å². The molecule has 0 unspecified atom stereocenters. The molecule has 8 heteroatoms. The third-order valence-corrected chi connectivity index (χ3v) is 2.17. The van der Waals surface area contributed by atoms with Crippen molar-refractivity contribution in [3.05, 3.63) is 23.8 Å². The lowest BCUT2D eigenvalue weighted by Gasteiger charge is -2.08. The van der Waals surface area contributed by atoms with Gasteiger partial charge in [-0.15, -0.1) is 0 Å². The largest absolute Gasteiger partial charge is 0.507 e. The number of carboxylic acid groups (broad SMARTS) is 1. The Bertz CT molecular complexity index is 515. The molecule has 0 saturated carbocycles. The predicted molar refractivity (Wildman–Crippen MR) is 66.2 cm³/mol. The normalized spacial score (nSPS) is 9.53. The van der Waals surface area contributed by atoms with Crippen molar-refractivity contribution in [3.63, 3.8) is 0 Å². The summed E-state index contributed by atoms with van der Waals surface area (Å²) in [4.78, 5) is 33.1. The van der Waals surface area contributed by atoms with E-state index >= 15 is 0 Å². The third kappa shape index (κ3) is 4.19. The summed E-state index contributed by atoms with van der Waals surface area (Å²) in [7, 11) is 1.43. The first kappa shape index (κ1) is 14.3. The Morgan fingerprint density at radius 2 is 1.95 bits per heavy atom. The molecule has 1 rings (SSSR count). The van der Waals surface area contributed by atoms with Crippen molar-refractivity contribution in [1.29, 1.82) is 0 Å². The van der Waals surface area contributed by atoms with Gasteiger partial charge in [-0.05, 0) is 18.2 Å². The standard InChI is InChI=1S/C11H13N3O5/c1-12-9(16)5-13-11(19)14-6-2-3-8(15)7(4-6)10(17)18/h2-4,15H,5H2,1H3,(H,12,16)(H,17,18)(H2,13,14,19). The van der Waals surface area contributed by atoms with Gasteiger partial charge in [-0.2, -0.15) is 0 Å². The van der Waals surface area contributed by atoms with Gasteiger partial charge in [0.2, 0.25) is 5.91 Å². The van der Waals surface area contributed by atoms with Crippen LogP contribution in [-0.4, -0.2) is 41.7 Å². The van der Waals surface area contributed by atoms with Crippen molar-refractivity contribution in [2.75, 3.05) is 18.9 Å². The summed E-state index contributed by atoms with van der Waals surface area (Å²) in [6.07, 6.45) is 0. The molecule has 0 aliphatic heterocycles. The number of amides is 3. The fourth-order valence-electron chi connectivity index (χ4n) is 1.21. The van der Waals surface area contributed by atoms with Crippen LogP contribution in [0.15, 0.2) is 18.2 Å². The number of hydrogen-bond donors (Lipinski definition) is 5. The number of carbonyl (C=O) groups is 3. The van der Waals surface area contributed by atoms with Gasteiger partial charge in [0.1, 0.15) is 11.3 Å². The molecular weight excluding hydrogens is 254 g/mol. The molecule has 0 radical (unpaired) electrons. The average molecular weight is 267 g/mol. The second kappa shape index (κ2) is 6.24. The lowest BCUT2D eigenvalue weighted by Crippen LogP contribution is -2.37. The number of aromatic hydroxyl groups is 1. The molecule has 0 atom stereocenters. The zero-order valence-corrected chi connectivity index (χ0v) is 10.1. The lowest BCUT2D eigenvalue weighted by molar-refractivity contribution is -0.119. The average Bonchev–Trinajstić information content (AvgIpc) is 2.37. The van der Waals surface area contributed by atoms with E-state index in [0.29, 0.717) is 0 Å². The van der Waals surface area contributed by atoms with E-state index in [-0.39, 0.29) is 23.7 Å². The summed E-state index contributed by atoms with van der Waals surface area (Å²) in [5, 5.41) is 25.0. The summed E-state index contributed by atoms with van der Waals surface area (Å²) in [6, 6.07) is 2.93. The molecular formula is C11H13N3O5. The van der Waals surface area contributed by atoms with Crippen molar-refractivity contribution in [2.45, 2.75) is 0 Å². The number of phenols is 1. The summed E-state index contributed by atoms with van der Waals surface area (Å²) in [6.45, 7) is -0.202. The molecule has 0 aromatic heterocycles. The van der Waals surface area contributed by atoms with Gasteiger partial charge >= 0.3 is 12.0 Å². The first-order valence-corrected chi connectivity index (χ1v) is 5.25. The molecule has 0 saturated heterocycles. The molecule has 8 nitrogen and oxygen atoms in total. The van der Waals surface area contributed by atoms with E-state index in [1.54, 1.807) is 0 Å². The molecule has 0 heterocycles. The second-order valence-corrected chi connectivity index (χ2v) is 3.52. The first-order chi connectivity index (χ1) is 8.93. The van der Waals surface area contributed by atoms with E-state index in [9.17, 15) is 19.5 Å². The maximum Gasteiger partial charge on any atom is 0.339 e. The Hall–Kier alpha value is -2.77. The van der Waals surface area contributed by atoms with Crippen LogP contribution in [0.3, 0.4) is 0 Å². The molecule has 0 bridgehead atoms. The Morgan fingerprint density at radius 1 is 1.26 bits per heavy atom. The fourth-order valence-corrected chi connectivity index (χ4v) is 1.21. The molecule has 0 aliphatic carbocycles. The van der Waals surface area contributed by atoms with Crippen LogP contribution in [0, 0.1) is 0 Å². The van der Waals surface area contributed by atoms with Crippen LogP contribution in [0.4, 0.5) is 10.5 Å². The van der Waals surface area contributed by atoms with Crippen LogP contribution in [-0.2, 0) is 4.79 Å². The minimum absolute atomic E-state index is 0.185. The van der Waals surface area contributed by atoms with Crippen molar-refractivity contribution >= 4 is 23.6 Å². The van der Waals surface area contributed by atoms with Crippen molar-refractivity contribution in [2.24, 2.45) is 0 Å². The summed E-state index contributed by atoms with van der Waals surface area (Å²) in [5.74, 6) is -2.08. The highest BCUT2D eigenvalue weighted by molar-refractivity contribution is 5.96. The van der Waals surface area contributed by atoms with Crippen molar-refractivity contribution in [3.8, 4) is 5.75 Å². The number of benzene rings is 1. The number of hydrogen-bond acceptors (Lipinski definition) is 4. The van der Waals surface area contributed by atoms with Crippen molar-refractivity contribution < 1.29 is 24.6 Å². The lowest BCUT2D eigenvalue weighted by atomic mass is 10.2. The van der Waals surface area contributed by atoms with E-state index in [0.717, 1.165) is 12.1 Å². The smallest absolute Gasteiger partial charge is 0.339 e. The SMILES string of the molecule is CNC(=O)CNC(=O)Nc1ccc(O)c(C(=O)O)c1. The van der Waals surface area contributed by atoms with E-state index < -0.39 is 17.7 Å². The third-order valence-electron chi connectivity index (χ3n) is 2.17. The van der Waals surface area contributed by atoms with E-state index in [1.807, 2.05) is 0 Å². The highest BCUT2D eigenvalue weighted by Gasteiger charge is 2.11. The molecule has 19 heavy (non-hydrogen) atoms. The Labute approximate surface area is 108 Å². The van der Waals surface area contributed by atoms with Crippen LogP contribution in [0.5, 0.6) is 5.75 Å². The quantitative estimate of drug-likeness (QED) is 0.489. The van der Waals surface area contributed by atoms with E-state index in [2.05, 4.69) is 16.0 Å². The predicted octanol–water partition coefficient (Wildman–Crippen LogP) is -0.0421. The van der Waals surface area contributed by atoms with Crippen molar-refractivity contribution in [1.82, 2.24) is 10.6 Å². The maximum atomic E-state index is 11.4.